The Morgan fingerprint density at radius 1 is 1.41 bits per heavy atom. The number of carbonyl (C=O) groups excluding carboxylic acids is 1. The van der Waals surface area contributed by atoms with Crippen molar-refractivity contribution in [2.24, 2.45) is 5.92 Å². The first-order valence-corrected chi connectivity index (χ1v) is 8.07. The fraction of sp³-hybridized carbons (Fsp3) is 0.688. The lowest BCUT2D eigenvalue weighted by Crippen LogP contribution is -2.33. The predicted octanol–water partition coefficient (Wildman–Crippen LogP) is 1.93. The summed E-state index contributed by atoms with van der Waals surface area (Å²) in [5.41, 5.74) is -1.21. The number of allylic oxidation sites excluding steroid dienone is 1. The molecule has 1 saturated heterocycles. The Labute approximate surface area is 130 Å². The summed E-state index contributed by atoms with van der Waals surface area (Å²) in [6.07, 6.45) is 10.3. The Morgan fingerprint density at radius 3 is 2.86 bits per heavy atom. The molecule has 1 saturated carbocycles. The first-order chi connectivity index (χ1) is 10.6. The zero-order chi connectivity index (χ0) is 15.6. The Balaban J connectivity index is 1.59. The molecule has 6 heteroatoms. The van der Waals surface area contributed by atoms with E-state index in [-0.39, 0.29) is 18.3 Å². The first kappa shape index (κ1) is 15.2. The Hall–Kier alpha value is -1.69. The SMILES string of the molecule is Cc1noc(C2(O)CCN(C(=O)/C=C/C3CCCCC3)C2)n1. The van der Waals surface area contributed by atoms with Gasteiger partial charge >= 0.3 is 0 Å². The van der Waals surface area contributed by atoms with E-state index in [9.17, 15) is 9.90 Å². The van der Waals surface area contributed by atoms with Crippen molar-refractivity contribution in [3.8, 4) is 0 Å². The molecule has 0 aromatic carbocycles. The van der Waals surface area contributed by atoms with Crippen LogP contribution in [0.2, 0.25) is 0 Å². The van der Waals surface area contributed by atoms with Crippen LogP contribution in [0.3, 0.4) is 0 Å². The van der Waals surface area contributed by atoms with E-state index in [2.05, 4.69) is 10.1 Å². The molecule has 2 heterocycles. The number of likely N-dealkylation sites (tertiary alicyclic amines) is 1. The minimum atomic E-state index is -1.21. The zero-order valence-electron chi connectivity index (χ0n) is 13.0. The largest absolute Gasteiger partial charge is 0.378 e. The third-order valence-corrected chi connectivity index (χ3v) is 4.65. The lowest BCUT2D eigenvalue weighted by atomic mass is 9.89. The number of rotatable bonds is 3. The molecule has 1 aliphatic carbocycles. The molecule has 120 valence electrons. The number of aliphatic hydroxyl groups is 1. The van der Waals surface area contributed by atoms with Crippen molar-refractivity contribution < 1.29 is 14.4 Å². The highest BCUT2D eigenvalue weighted by Gasteiger charge is 2.43. The Bertz CT molecular complexity index is 563. The van der Waals surface area contributed by atoms with Gasteiger partial charge in [-0.3, -0.25) is 4.79 Å². The van der Waals surface area contributed by atoms with Gasteiger partial charge in [-0.05, 0) is 31.8 Å². The van der Waals surface area contributed by atoms with E-state index in [4.69, 9.17) is 4.52 Å². The molecular formula is C16H23N3O3. The quantitative estimate of drug-likeness (QED) is 0.863. The van der Waals surface area contributed by atoms with Crippen LogP contribution in [-0.4, -0.2) is 39.1 Å². The van der Waals surface area contributed by atoms with Gasteiger partial charge in [-0.2, -0.15) is 4.98 Å². The molecule has 1 aromatic rings. The van der Waals surface area contributed by atoms with Gasteiger partial charge in [0.1, 0.15) is 0 Å². The summed E-state index contributed by atoms with van der Waals surface area (Å²) in [5.74, 6) is 1.18. The monoisotopic (exact) mass is 305 g/mol. The maximum atomic E-state index is 12.3. The van der Waals surface area contributed by atoms with Gasteiger partial charge in [-0.15, -0.1) is 0 Å². The summed E-state index contributed by atoms with van der Waals surface area (Å²) in [7, 11) is 0. The van der Waals surface area contributed by atoms with E-state index in [0.717, 1.165) is 0 Å². The van der Waals surface area contributed by atoms with E-state index in [1.54, 1.807) is 17.9 Å². The first-order valence-electron chi connectivity index (χ1n) is 8.07. The van der Waals surface area contributed by atoms with Crippen LogP contribution in [0.25, 0.3) is 0 Å². The average molecular weight is 305 g/mol. The lowest BCUT2D eigenvalue weighted by Gasteiger charge is -2.20. The molecule has 1 aromatic heterocycles. The summed E-state index contributed by atoms with van der Waals surface area (Å²) in [4.78, 5) is 18.0. The normalized spacial score (nSPS) is 26.9. The number of β-amino-alcohol motifs (C(OH)–C–C–N with tert-alkyl or cyclic N) is 1. The molecule has 6 nitrogen and oxygen atoms in total. The molecule has 1 atom stereocenters. The third-order valence-electron chi connectivity index (χ3n) is 4.65. The summed E-state index contributed by atoms with van der Waals surface area (Å²) < 4.78 is 5.07. The second kappa shape index (κ2) is 6.20. The van der Waals surface area contributed by atoms with E-state index in [1.165, 1.54) is 32.1 Å². The van der Waals surface area contributed by atoms with Crippen LogP contribution in [0.1, 0.15) is 50.2 Å². The van der Waals surface area contributed by atoms with Gasteiger partial charge in [0.25, 0.3) is 5.89 Å². The smallest absolute Gasteiger partial charge is 0.260 e. The van der Waals surface area contributed by atoms with Crippen LogP contribution >= 0.6 is 0 Å². The molecule has 1 unspecified atom stereocenters. The molecule has 2 fully saturated rings. The number of nitrogens with zero attached hydrogens (tertiary/aromatic N) is 3. The van der Waals surface area contributed by atoms with Gasteiger partial charge < -0.3 is 14.5 Å². The minimum Gasteiger partial charge on any atom is -0.378 e. The standard InChI is InChI=1S/C16H23N3O3/c1-12-17-15(22-18-12)16(21)9-10-19(11-16)14(20)8-7-13-5-3-2-4-6-13/h7-8,13,21H,2-6,9-11H2,1H3/b8-7+. The Morgan fingerprint density at radius 2 is 2.18 bits per heavy atom. The minimum absolute atomic E-state index is 0.0438. The molecule has 2 aliphatic rings. The second-order valence-electron chi connectivity index (χ2n) is 6.45. The highest BCUT2D eigenvalue weighted by molar-refractivity contribution is 5.87. The molecule has 1 aliphatic heterocycles. The zero-order valence-corrected chi connectivity index (χ0v) is 13.0. The van der Waals surface area contributed by atoms with Crippen molar-refractivity contribution in [1.29, 1.82) is 0 Å². The predicted molar refractivity (Wildman–Crippen MR) is 79.8 cm³/mol. The lowest BCUT2D eigenvalue weighted by molar-refractivity contribution is -0.126. The highest BCUT2D eigenvalue weighted by Crippen LogP contribution is 2.31. The molecule has 22 heavy (non-hydrogen) atoms. The fourth-order valence-corrected chi connectivity index (χ4v) is 3.29. The molecule has 1 amide bonds. The molecule has 3 rings (SSSR count). The van der Waals surface area contributed by atoms with E-state index in [1.807, 2.05) is 6.08 Å². The number of aromatic nitrogens is 2. The van der Waals surface area contributed by atoms with Gasteiger partial charge in [0.2, 0.25) is 5.91 Å². The maximum absolute atomic E-state index is 12.3. The number of carbonyl (C=O) groups is 1. The van der Waals surface area contributed by atoms with Crippen LogP contribution in [0, 0.1) is 12.8 Å². The van der Waals surface area contributed by atoms with Crippen molar-refractivity contribution in [3.05, 3.63) is 23.9 Å². The molecule has 0 bridgehead atoms. The fourth-order valence-electron chi connectivity index (χ4n) is 3.29. The van der Waals surface area contributed by atoms with E-state index in [0.29, 0.717) is 24.7 Å². The van der Waals surface area contributed by atoms with Gasteiger partial charge in [-0.1, -0.05) is 30.5 Å². The third kappa shape index (κ3) is 3.21. The maximum Gasteiger partial charge on any atom is 0.260 e. The van der Waals surface area contributed by atoms with Gasteiger partial charge in [0, 0.05) is 13.0 Å². The Kier molecular flexibility index (Phi) is 4.29. The number of aryl methyl sites for hydroxylation is 1. The van der Waals surface area contributed by atoms with Crippen molar-refractivity contribution in [2.75, 3.05) is 13.1 Å². The highest BCUT2D eigenvalue weighted by atomic mass is 16.5. The van der Waals surface area contributed by atoms with Crippen LogP contribution in [0.15, 0.2) is 16.7 Å². The molecular weight excluding hydrogens is 282 g/mol. The summed E-state index contributed by atoms with van der Waals surface area (Å²) >= 11 is 0. The van der Waals surface area contributed by atoms with Crippen molar-refractivity contribution >= 4 is 5.91 Å². The number of hydrogen-bond donors (Lipinski definition) is 1. The van der Waals surface area contributed by atoms with Crippen molar-refractivity contribution in [1.82, 2.24) is 15.0 Å². The second-order valence-corrected chi connectivity index (χ2v) is 6.45. The summed E-state index contributed by atoms with van der Waals surface area (Å²) in [5, 5.41) is 14.3. The van der Waals surface area contributed by atoms with Crippen LogP contribution in [-0.2, 0) is 10.4 Å². The van der Waals surface area contributed by atoms with Crippen LogP contribution in [0.5, 0.6) is 0 Å². The van der Waals surface area contributed by atoms with Crippen molar-refractivity contribution in [2.45, 2.75) is 51.0 Å². The van der Waals surface area contributed by atoms with Crippen molar-refractivity contribution in [3.63, 3.8) is 0 Å². The van der Waals surface area contributed by atoms with E-state index < -0.39 is 5.60 Å². The van der Waals surface area contributed by atoms with Crippen LogP contribution in [0.4, 0.5) is 0 Å². The molecule has 1 N–H and O–H groups in total. The average Bonchev–Trinajstić information content (AvgIpc) is 3.13. The molecule has 0 radical (unpaired) electrons. The topological polar surface area (TPSA) is 79.5 Å². The number of hydrogen-bond acceptors (Lipinski definition) is 5. The van der Waals surface area contributed by atoms with Gasteiger partial charge in [0.05, 0.1) is 6.54 Å². The van der Waals surface area contributed by atoms with Crippen LogP contribution < -0.4 is 0 Å². The van der Waals surface area contributed by atoms with E-state index >= 15 is 0 Å². The molecule has 0 spiro atoms. The summed E-state index contributed by atoms with van der Waals surface area (Å²) in [6, 6.07) is 0. The summed E-state index contributed by atoms with van der Waals surface area (Å²) in [6.45, 7) is 2.43. The number of amides is 1. The van der Waals surface area contributed by atoms with Gasteiger partial charge in [0.15, 0.2) is 11.4 Å². The van der Waals surface area contributed by atoms with Gasteiger partial charge in [-0.25, -0.2) is 0 Å².